The summed E-state index contributed by atoms with van der Waals surface area (Å²) in [7, 11) is 0. The number of anilines is 1. The van der Waals surface area contributed by atoms with Crippen LogP contribution in [0.2, 0.25) is 0 Å². The zero-order valence-corrected chi connectivity index (χ0v) is 15.8. The van der Waals surface area contributed by atoms with Crippen molar-refractivity contribution in [3.05, 3.63) is 29.8 Å². The molecule has 2 rings (SSSR count). The molecular weight excluding hydrogens is 314 g/mol. The number of benzene rings is 1. The van der Waals surface area contributed by atoms with Gasteiger partial charge < -0.3 is 16.0 Å². The first-order chi connectivity index (χ1) is 11.7. The second-order valence-electron chi connectivity index (χ2n) is 7.87. The van der Waals surface area contributed by atoms with Crippen molar-refractivity contribution in [2.45, 2.75) is 58.4 Å². The predicted octanol–water partition coefficient (Wildman–Crippen LogP) is 3.11. The lowest BCUT2D eigenvalue weighted by atomic mass is 9.87. The maximum Gasteiger partial charge on any atom is 0.244 e. The molecule has 1 aliphatic heterocycles. The smallest absolute Gasteiger partial charge is 0.244 e. The van der Waals surface area contributed by atoms with Crippen molar-refractivity contribution in [3.63, 3.8) is 0 Å². The number of hydrogen-bond donors (Lipinski definition) is 2. The van der Waals surface area contributed by atoms with Crippen LogP contribution >= 0.6 is 0 Å². The Morgan fingerprint density at radius 1 is 1.12 bits per heavy atom. The van der Waals surface area contributed by atoms with Crippen molar-refractivity contribution in [1.82, 2.24) is 4.90 Å². The molecule has 1 fully saturated rings. The average molecular weight is 345 g/mol. The summed E-state index contributed by atoms with van der Waals surface area (Å²) in [6.07, 6.45) is 1.53. The number of nitrogens with one attached hydrogen (secondary N) is 1. The van der Waals surface area contributed by atoms with Gasteiger partial charge in [0, 0.05) is 25.2 Å². The third-order valence-electron chi connectivity index (χ3n) is 4.88. The van der Waals surface area contributed by atoms with Crippen molar-refractivity contribution in [2.75, 3.05) is 18.4 Å². The largest absolute Gasteiger partial charge is 0.343 e. The Balaban J connectivity index is 1.92. The molecule has 1 aromatic carbocycles. The topological polar surface area (TPSA) is 75.4 Å². The third-order valence-corrected chi connectivity index (χ3v) is 4.88. The Morgan fingerprint density at radius 2 is 1.68 bits per heavy atom. The van der Waals surface area contributed by atoms with Crippen molar-refractivity contribution in [1.29, 1.82) is 0 Å². The minimum Gasteiger partial charge on any atom is -0.343 e. The monoisotopic (exact) mass is 345 g/mol. The Hall–Kier alpha value is -1.88. The molecule has 0 aliphatic carbocycles. The van der Waals surface area contributed by atoms with E-state index in [1.54, 1.807) is 0 Å². The van der Waals surface area contributed by atoms with Crippen molar-refractivity contribution in [3.8, 4) is 0 Å². The van der Waals surface area contributed by atoms with Crippen molar-refractivity contribution in [2.24, 2.45) is 11.7 Å². The van der Waals surface area contributed by atoms with E-state index < -0.39 is 5.54 Å². The summed E-state index contributed by atoms with van der Waals surface area (Å²) in [5.74, 6) is 0.787. The maximum absolute atomic E-state index is 12.6. The number of nitrogens with zero attached hydrogens (tertiary/aromatic N) is 1. The fourth-order valence-electron chi connectivity index (χ4n) is 3.07. The highest BCUT2D eigenvalue weighted by Gasteiger charge is 2.38. The van der Waals surface area contributed by atoms with Crippen LogP contribution < -0.4 is 11.1 Å². The average Bonchev–Trinajstić information content (AvgIpc) is 2.55. The molecule has 0 aromatic heterocycles. The van der Waals surface area contributed by atoms with Crippen LogP contribution in [0.4, 0.5) is 5.69 Å². The first kappa shape index (κ1) is 19.4. The highest BCUT2D eigenvalue weighted by Crippen LogP contribution is 2.24. The molecule has 1 aromatic rings. The molecule has 1 aliphatic rings. The van der Waals surface area contributed by atoms with Crippen LogP contribution in [-0.2, 0) is 9.59 Å². The molecule has 2 amide bonds. The van der Waals surface area contributed by atoms with E-state index in [2.05, 4.69) is 19.2 Å². The Morgan fingerprint density at radius 3 is 2.16 bits per heavy atom. The molecule has 0 radical (unpaired) electrons. The number of carbonyl (C=O) groups is 2. The van der Waals surface area contributed by atoms with Crippen LogP contribution in [0.15, 0.2) is 24.3 Å². The van der Waals surface area contributed by atoms with Crippen LogP contribution in [0.5, 0.6) is 0 Å². The number of piperidine rings is 1. The van der Waals surface area contributed by atoms with Gasteiger partial charge in [-0.1, -0.05) is 39.8 Å². The highest BCUT2D eigenvalue weighted by molar-refractivity contribution is 5.98. The zero-order chi connectivity index (χ0) is 18.6. The van der Waals surface area contributed by atoms with Crippen LogP contribution in [0.1, 0.15) is 58.4 Å². The Labute approximate surface area is 151 Å². The van der Waals surface area contributed by atoms with Gasteiger partial charge in [-0.05, 0) is 42.4 Å². The van der Waals surface area contributed by atoms with Gasteiger partial charge in [0.05, 0.1) is 5.54 Å². The molecule has 0 atom stereocenters. The van der Waals surface area contributed by atoms with Gasteiger partial charge in [0.2, 0.25) is 11.8 Å². The van der Waals surface area contributed by atoms with E-state index in [0.717, 1.165) is 5.69 Å². The molecule has 5 nitrogen and oxygen atoms in total. The number of nitrogens with two attached hydrogens (primary N) is 1. The minimum absolute atomic E-state index is 0.154. The van der Waals surface area contributed by atoms with Gasteiger partial charge in [-0.3, -0.25) is 9.59 Å². The Bertz CT molecular complexity index is 600. The summed E-state index contributed by atoms with van der Waals surface area (Å²) < 4.78 is 0. The molecule has 138 valence electrons. The summed E-state index contributed by atoms with van der Waals surface area (Å²) in [6.45, 7) is 9.43. The van der Waals surface area contributed by atoms with Crippen LogP contribution in [-0.4, -0.2) is 35.3 Å². The molecular formula is C20H31N3O2. The standard InChI is InChI=1S/C20H31N3O2/c1-14(2)13-18(24)23-11-9-20(21,10-12-23)19(25)22-17-7-5-16(6-8-17)15(3)4/h5-8,14-15H,9-13,21H2,1-4H3,(H,22,25). The van der Waals surface area contributed by atoms with Crippen molar-refractivity contribution >= 4 is 17.5 Å². The van der Waals surface area contributed by atoms with E-state index >= 15 is 0 Å². The summed E-state index contributed by atoms with van der Waals surface area (Å²) >= 11 is 0. The summed E-state index contributed by atoms with van der Waals surface area (Å²) in [5, 5.41) is 2.93. The number of hydrogen-bond acceptors (Lipinski definition) is 3. The minimum atomic E-state index is -0.911. The van der Waals surface area contributed by atoms with Gasteiger partial charge in [-0.25, -0.2) is 0 Å². The second kappa shape index (κ2) is 8.00. The third kappa shape index (κ3) is 5.05. The molecule has 1 saturated heterocycles. The number of rotatable bonds is 5. The molecule has 25 heavy (non-hydrogen) atoms. The summed E-state index contributed by atoms with van der Waals surface area (Å²) in [5.41, 5.74) is 7.43. The molecule has 1 heterocycles. The van der Waals surface area contributed by atoms with Crippen LogP contribution in [0.25, 0.3) is 0 Å². The van der Waals surface area contributed by atoms with Crippen LogP contribution in [0, 0.1) is 5.92 Å². The molecule has 5 heteroatoms. The van der Waals surface area contributed by atoms with Crippen molar-refractivity contribution < 1.29 is 9.59 Å². The van der Waals surface area contributed by atoms with E-state index in [9.17, 15) is 9.59 Å². The van der Waals surface area contributed by atoms with Gasteiger partial charge in [0.1, 0.15) is 0 Å². The molecule has 3 N–H and O–H groups in total. The molecule has 0 unspecified atom stereocenters. The van der Waals surface area contributed by atoms with Gasteiger partial charge in [0.15, 0.2) is 0 Å². The quantitative estimate of drug-likeness (QED) is 0.861. The fraction of sp³-hybridized carbons (Fsp3) is 0.600. The van der Waals surface area contributed by atoms with E-state index in [0.29, 0.717) is 44.2 Å². The van der Waals surface area contributed by atoms with Gasteiger partial charge in [-0.2, -0.15) is 0 Å². The second-order valence-corrected chi connectivity index (χ2v) is 7.87. The van der Waals surface area contributed by atoms with Gasteiger partial charge in [-0.15, -0.1) is 0 Å². The van der Waals surface area contributed by atoms with E-state index in [1.165, 1.54) is 5.56 Å². The first-order valence-corrected chi connectivity index (χ1v) is 9.19. The lowest BCUT2D eigenvalue weighted by molar-refractivity contribution is -0.135. The van der Waals surface area contributed by atoms with Gasteiger partial charge >= 0.3 is 0 Å². The normalized spacial score (nSPS) is 17.0. The van der Waals surface area contributed by atoms with E-state index in [1.807, 2.05) is 43.0 Å². The lowest BCUT2D eigenvalue weighted by Gasteiger charge is -2.38. The maximum atomic E-state index is 12.6. The number of carbonyl (C=O) groups excluding carboxylic acids is 2. The SMILES string of the molecule is CC(C)CC(=O)N1CCC(N)(C(=O)Nc2ccc(C(C)C)cc2)CC1. The van der Waals surface area contributed by atoms with Gasteiger partial charge in [0.25, 0.3) is 0 Å². The lowest BCUT2D eigenvalue weighted by Crippen LogP contribution is -2.58. The molecule has 0 spiro atoms. The highest BCUT2D eigenvalue weighted by atomic mass is 16.2. The first-order valence-electron chi connectivity index (χ1n) is 9.19. The van der Waals surface area contributed by atoms with Crippen LogP contribution in [0.3, 0.4) is 0 Å². The number of likely N-dealkylation sites (tertiary alicyclic amines) is 1. The zero-order valence-electron chi connectivity index (χ0n) is 15.8. The van der Waals surface area contributed by atoms with E-state index in [-0.39, 0.29) is 11.8 Å². The summed E-state index contributed by atoms with van der Waals surface area (Å²) in [6, 6.07) is 7.88. The molecule has 0 saturated carbocycles. The van der Waals surface area contributed by atoms with E-state index in [4.69, 9.17) is 5.73 Å². The number of amides is 2. The summed E-state index contributed by atoms with van der Waals surface area (Å²) in [4.78, 5) is 26.6. The molecule has 0 bridgehead atoms. The Kier molecular flexibility index (Phi) is 6.22. The fourth-order valence-corrected chi connectivity index (χ4v) is 3.07. The predicted molar refractivity (Wildman–Crippen MR) is 101 cm³/mol.